The third-order valence-corrected chi connectivity index (χ3v) is 2.85. The molecule has 0 fully saturated rings. The highest BCUT2D eigenvalue weighted by molar-refractivity contribution is 5.79. The molecule has 0 aliphatic heterocycles. The normalized spacial score (nSPS) is 11.6. The van der Waals surface area contributed by atoms with E-state index in [-0.39, 0.29) is 23.5 Å². The van der Waals surface area contributed by atoms with Gasteiger partial charge in [0.15, 0.2) is 0 Å². The van der Waals surface area contributed by atoms with Crippen LogP contribution in [-0.4, -0.2) is 43.1 Å². The van der Waals surface area contributed by atoms with Gasteiger partial charge in [-0.15, -0.1) is 0 Å². The fraction of sp³-hybridized carbons (Fsp3) is 0.533. The predicted molar refractivity (Wildman–Crippen MR) is 77.2 cm³/mol. The van der Waals surface area contributed by atoms with Crippen LogP contribution < -0.4 is 5.32 Å². The van der Waals surface area contributed by atoms with Crippen molar-refractivity contribution in [1.29, 1.82) is 0 Å². The molecule has 1 aromatic carbocycles. The van der Waals surface area contributed by atoms with Gasteiger partial charge in [0.1, 0.15) is 5.75 Å². The molecule has 0 unspecified atom stereocenters. The van der Waals surface area contributed by atoms with Gasteiger partial charge in [-0.05, 0) is 25.6 Å². The number of amides is 1. The van der Waals surface area contributed by atoms with E-state index < -0.39 is 0 Å². The van der Waals surface area contributed by atoms with Crippen molar-refractivity contribution in [3.8, 4) is 5.75 Å². The second kappa shape index (κ2) is 6.57. The van der Waals surface area contributed by atoms with Gasteiger partial charge in [0.25, 0.3) is 0 Å². The maximum Gasteiger partial charge on any atom is 0.224 e. The lowest BCUT2D eigenvalue weighted by Gasteiger charge is -2.28. The Morgan fingerprint density at radius 1 is 1.32 bits per heavy atom. The van der Waals surface area contributed by atoms with E-state index in [0.29, 0.717) is 12.1 Å². The van der Waals surface area contributed by atoms with E-state index >= 15 is 0 Å². The molecule has 0 aliphatic rings. The van der Waals surface area contributed by atoms with E-state index in [2.05, 4.69) is 24.1 Å². The quantitative estimate of drug-likeness (QED) is 0.821. The molecule has 0 bridgehead atoms. The van der Waals surface area contributed by atoms with Crippen LogP contribution in [0.5, 0.6) is 5.75 Å². The topological polar surface area (TPSA) is 52.6 Å². The molecule has 1 rings (SSSR count). The van der Waals surface area contributed by atoms with Crippen LogP contribution in [0, 0.1) is 5.41 Å². The van der Waals surface area contributed by atoms with E-state index in [0.717, 1.165) is 6.54 Å². The average molecular weight is 264 g/mol. The first-order valence-corrected chi connectivity index (χ1v) is 6.48. The SMILES string of the molecule is CN(C)CC(C)(C)CNC(=O)Cc1ccccc1O. The van der Waals surface area contributed by atoms with Crippen LogP contribution in [0.15, 0.2) is 24.3 Å². The number of aromatic hydroxyl groups is 1. The number of hydrogen-bond donors (Lipinski definition) is 2. The van der Waals surface area contributed by atoms with Gasteiger partial charge in [0.05, 0.1) is 6.42 Å². The predicted octanol–water partition coefficient (Wildman–Crippen LogP) is 1.64. The third-order valence-electron chi connectivity index (χ3n) is 2.85. The van der Waals surface area contributed by atoms with Crippen molar-refractivity contribution >= 4 is 5.91 Å². The number of phenols is 1. The van der Waals surface area contributed by atoms with Gasteiger partial charge in [0.2, 0.25) is 5.91 Å². The Balaban J connectivity index is 2.46. The number of carbonyl (C=O) groups excluding carboxylic acids is 1. The molecule has 0 radical (unpaired) electrons. The molecule has 1 amide bonds. The molecule has 0 saturated heterocycles. The zero-order valence-corrected chi connectivity index (χ0v) is 12.2. The Morgan fingerprint density at radius 2 is 1.95 bits per heavy atom. The first kappa shape index (κ1) is 15.5. The summed E-state index contributed by atoms with van der Waals surface area (Å²) in [4.78, 5) is 14.0. The first-order chi connectivity index (χ1) is 8.80. The van der Waals surface area contributed by atoms with Crippen LogP contribution in [0.3, 0.4) is 0 Å². The molecule has 2 N–H and O–H groups in total. The molecule has 1 aromatic rings. The second-order valence-corrected chi connectivity index (χ2v) is 5.98. The molecule has 0 saturated carbocycles. The van der Waals surface area contributed by atoms with Crippen molar-refractivity contribution in [3.63, 3.8) is 0 Å². The third kappa shape index (κ3) is 5.75. The van der Waals surface area contributed by atoms with E-state index in [1.54, 1.807) is 18.2 Å². The van der Waals surface area contributed by atoms with Crippen LogP contribution >= 0.6 is 0 Å². The van der Waals surface area contributed by atoms with Gasteiger partial charge in [-0.3, -0.25) is 4.79 Å². The van der Waals surface area contributed by atoms with Crippen LogP contribution in [0.1, 0.15) is 19.4 Å². The minimum Gasteiger partial charge on any atom is -0.508 e. The van der Waals surface area contributed by atoms with E-state index in [1.165, 1.54) is 0 Å². The number of rotatable bonds is 6. The molecule has 0 heterocycles. The van der Waals surface area contributed by atoms with Crippen LogP contribution in [0.4, 0.5) is 0 Å². The van der Waals surface area contributed by atoms with Crippen molar-refractivity contribution in [2.75, 3.05) is 27.2 Å². The van der Waals surface area contributed by atoms with Gasteiger partial charge in [-0.1, -0.05) is 32.0 Å². The summed E-state index contributed by atoms with van der Waals surface area (Å²) < 4.78 is 0. The highest BCUT2D eigenvalue weighted by atomic mass is 16.3. The van der Waals surface area contributed by atoms with Crippen LogP contribution in [0.25, 0.3) is 0 Å². The summed E-state index contributed by atoms with van der Waals surface area (Å²) in [6, 6.07) is 6.92. The summed E-state index contributed by atoms with van der Waals surface area (Å²) in [5.41, 5.74) is 0.683. The molecule has 0 aromatic heterocycles. The summed E-state index contributed by atoms with van der Waals surface area (Å²) in [5.74, 6) is 0.110. The lowest BCUT2D eigenvalue weighted by molar-refractivity contribution is -0.120. The lowest BCUT2D eigenvalue weighted by Crippen LogP contribution is -2.40. The van der Waals surface area contributed by atoms with Crippen molar-refractivity contribution in [1.82, 2.24) is 10.2 Å². The summed E-state index contributed by atoms with van der Waals surface area (Å²) in [6.07, 6.45) is 0.213. The summed E-state index contributed by atoms with van der Waals surface area (Å²) in [5, 5.41) is 12.5. The van der Waals surface area contributed by atoms with Crippen molar-refractivity contribution in [2.45, 2.75) is 20.3 Å². The highest BCUT2D eigenvalue weighted by Gasteiger charge is 2.20. The van der Waals surface area contributed by atoms with Gasteiger partial charge >= 0.3 is 0 Å². The summed E-state index contributed by atoms with van der Waals surface area (Å²) >= 11 is 0. The zero-order valence-electron chi connectivity index (χ0n) is 12.2. The standard InChI is InChI=1S/C15H24N2O2/c1-15(2,11-17(3)4)10-16-14(19)9-12-7-5-6-8-13(12)18/h5-8,18H,9-11H2,1-4H3,(H,16,19). The van der Waals surface area contributed by atoms with Crippen LogP contribution in [0.2, 0.25) is 0 Å². The molecular weight excluding hydrogens is 240 g/mol. The van der Waals surface area contributed by atoms with Gasteiger partial charge in [-0.2, -0.15) is 0 Å². The Labute approximate surface area is 115 Å². The maximum absolute atomic E-state index is 11.9. The molecule has 0 aliphatic carbocycles. The Morgan fingerprint density at radius 3 is 2.53 bits per heavy atom. The molecule has 4 heteroatoms. The minimum atomic E-state index is -0.0617. The number of para-hydroxylation sites is 1. The van der Waals surface area contributed by atoms with Crippen molar-refractivity contribution in [2.24, 2.45) is 5.41 Å². The monoisotopic (exact) mass is 264 g/mol. The molecular formula is C15H24N2O2. The highest BCUT2D eigenvalue weighted by Crippen LogP contribution is 2.17. The average Bonchev–Trinajstić information content (AvgIpc) is 2.28. The first-order valence-electron chi connectivity index (χ1n) is 6.48. The molecule has 19 heavy (non-hydrogen) atoms. The molecule has 4 nitrogen and oxygen atoms in total. The Hall–Kier alpha value is -1.55. The maximum atomic E-state index is 11.9. The smallest absolute Gasteiger partial charge is 0.224 e. The summed E-state index contributed by atoms with van der Waals surface area (Å²) in [7, 11) is 4.04. The van der Waals surface area contributed by atoms with E-state index in [4.69, 9.17) is 0 Å². The number of hydrogen-bond acceptors (Lipinski definition) is 3. The van der Waals surface area contributed by atoms with Gasteiger partial charge in [0, 0.05) is 18.7 Å². The summed E-state index contributed by atoms with van der Waals surface area (Å²) in [6.45, 7) is 5.77. The zero-order chi connectivity index (χ0) is 14.5. The largest absolute Gasteiger partial charge is 0.508 e. The molecule has 0 atom stereocenters. The van der Waals surface area contributed by atoms with E-state index in [1.807, 2.05) is 20.2 Å². The van der Waals surface area contributed by atoms with Gasteiger partial charge < -0.3 is 15.3 Å². The van der Waals surface area contributed by atoms with Crippen molar-refractivity contribution in [3.05, 3.63) is 29.8 Å². The fourth-order valence-corrected chi connectivity index (χ4v) is 2.15. The fourth-order valence-electron chi connectivity index (χ4n) is 2.15. The number of benzene rings is 1. The number of nitrogens with zero attached hydrogens (tertiary/aromatic N) is 1. The second-order valence-electron chi connectivity index (χ2n) is 5.98. The Kier molecular flexibility index (Phi) is 5.36. The van der Waals surface area contributed by atoms with Gasteiger partial charge in [-0.25, -0.2) is 0 Å². The number of phenolic OH excluding ortho intramolecular Hbond substituents is 1. The van der Waals surface area contributed by atoms with E-state index in [9.17, 15) is 9.90 Å². The minimum absolute atomic E-state index is 0.0257. The molecule has 0 spiro atoms. The van der Waals surface area contributed by atoms with Crippen molar-refractivity contribution < 1.29 is 9.90 Å². The number of nitrogens with one attached hydrogen (secondary N) is 1. The van der Waals surface area contributed by atoms with Crippen LogP contribution in [-0.2, 0) is 11.2 Å². The lowest BCUT2D eigenvalue weighted by atomic mass is 9.93. The molecule has 106 valence electrons. The Bertz CT molecular complexity index is 428. The number of carbonyl (C=O) groups is 1.